The van der Waals surface area contributed by atoms with Crippen molar-refractivity contribution in [1.82, 2.24) is 10.2 Å². The maximum absolute atomic E-state index is 12.2. The summed E-state index contributed by atoms with van der Waals surface area (Å²) in [5, 5.41) is 2.80. The van der Waals surface area contributed by atoms with E-state index in [0.29, 0.717) is 32.7 Å². The Morgan fingerprint density at radius 1 is 1.47 bits per heavy atom. The summed E-state index contributed by atoms with van der Waals surface area (Å²) in [7, 11) is 0. The Hall–Kier alpha value is -1.30. The Labute approximate surface area is 113 Å². The molecule has 2 heterocycles. The molecular weight excluding hydrogens is 248 g/mol. The van der Waals surface area contributed by atoms with Crippen LogP contribution in [0.1, 0.15) is 27.2 Å². The van der Waals surface area contributed by atoms with Gasteiger partial charge in [0.15, 0.2) is 0 Å². The van der Waals surface area contributed by atoms with Gasteiger partial charge in [-0.2, -0.15) is 0 Å². The highest BCUT2D eigenvalue weighted by molar-refractivity contribution is 5.78. The molecule has 0 aromatic carbocycles. The van der Waals surface area contributed by atoms with E-state index in [4.69, 9.17) is 9.47 Å². The topological polar surface area (TPSA) is 67.9 Å². The summed E-state index contributed by atoms with van der Waals surface area (Å²) in [4.78, 5) is 25.2. The smallest absolute Gasteiger partial charge is 0.410 e. The fourth-order valence-electron chi connectivity index (χ4n) is 2.46. The Morgan fingerprint density at radius 2 is 2.21 bits per heavy atom. The molecule has 6 nitrogen and oxygen atoms in total. The minimum absolute atomic E-state index is 0.0414. The number of hydrogen-bond donors (Lipinski definition) is 1. The van der Waals surface area contributed by atoms with Crippen molar-refractivity contribution in [2.24, 2.45) is 5.92 Å². The summed E-state index contributed by atoms with van der Waals surface area (Å²) in [5.41, 5.74) is -0.510. The molecule has 0 aromatic heterocycles. The fraction of sp³-hybridized carbons (Fsp3) is 0.846. The molecule has 2 atom stereocenters. The van der Waals surface area contributed by atoms with E-state index >= 15 is 0 Å². The van der Waals surface area contributed by atoms with Gasteiger partial charge in [-0.1, -0.05) is 0 Å². The quantitative estimate of drug-likeness (QED) is 0.764. The molecule has 2 unspecified atom stereocenters. The number of amides is 2. The molecule has 2 fully saturated rings. The molecule has 0 radical (unpaired) electrons. The Kier molecular flexibility index (Phi) is 3.99. The molecule has 0 saturated carbocycles. The van der Waals surface area contributed by atoms with Gasteiger partial charge >= 0.3 is 6.09 Å². The highest BCUT2D eigenvalue weighted by Crippen LogP contribution is 2.23. The summed E-state index contributed by atoms with van der Waals surface area (Å²) >= 11 is 0. The largest absolute Gasteiger partial charge is 0.444 e. The molecule has 0 aliphatic carbocycles. The van der Waals surface area contributed by atoms with E-state index in [1.807, 2.05) is 20.8 Å². The monoisotopic (exact) mass is 270 g/mol. The van der Waals surface area contributed by atoms with Gasteiger partial charge in [0.2, 0.25) is 5.91 Å². The number of nitrogens with zero attached hydrogens (tertiary/aromatic N) is 1. The van der Waals surface area contributed by atoms with Gasteiger partial charge in [0, 0.05) is 25.4 Å². The predicted octanol–water partition coefficient (Wildman–Crippen LogP) is 0.758. The number of rotatable bonds is 1. The van der Waals surface area contributed by atoms with Crippen molar-refractivity contribution in [2.45, 2.75) is 38.8 Å². The third kappa shape index (κ3) is 3.59. The van der Waals surface area contributed by atoms with E-state index < -0.39 is 5.60 Å². The van der Waals surface area contributed by atoms with E-state index in [2.05, 4.69) is 5.32 Å². The first-order chi connectivity index (χ1) is 8.87. The van der Waals surface area contributed by atoms with Crippen LogP contribution in [0.4, 0.5) is 4.79 Å². The lowest BCUT2D eigenvalue weighted by molar-refractivity contribution is -0.119. The average molecular weight is 270 g/mol. The summed E-state index contributed by atoms with van der Waals surface area (Å²) < 4.78 is 10.9. The highest BCUT2D eigenvalue weighted by Gasteiger charge is 2.38. The van der Waals surface area contributed by atoms with Crippen LogP contribution in [0.25, 0.3) is 0 Å². The molecule has 2 amide bonds. The van der Waals surface area contributed by atoms with Crippen LogP contribution in [-0.4, -0.2) is 54.8 Å². The molecule has 0 spiro atoms. The maximum Gasteiger partial charge on any atom is 0.410 e. The van der Waals surface area contributed by atoms with Crippen molar-refractivity contribution in [3.05, 3.63) is 0 Å². The van der Waals surface area contributed by atoms with E-state index in [1.165, 1.54) is 0 Å². The first kappa shape index (κ1) is 14.1. The van der Waals surface area contributed by atoms with Crippen LogP contribution in [0.5, 0.6) is 0 Å². The number of carbonyl (C=O) groups excluding carboxylic acids is 2. The molecule has 108 valence electrons. The lowest BCUT2D eigenvalue weighted by Crippen LogP contribution is -2.53. The van der Waals surface area contributed by atoms with E-state index in [9.17, 15) is 9.59 Å². The van der Waals surface area contributed by atoms with Gasteiger partial charge in [0.1, 0.15) is 5.60 Å². The first-order valence-corrected chi connectivity index (χ1v) is 6.71. The molecule has 0 aromatic rings. The van der Waals surface area contributed by atoms with Crippen molar-refractivity contribution in [2.75, 3.05) is 26.3 Å². The standard InChI is InChI=1S/C13H22N2O4/c1-13(2,3)19-12(17)15-4-5-18-8-10(15)9-6-11(16)14-7-9/h9-10H,4-8H2,1-3H3,(H,14,16). The summed E-state index contributed by atoms with van der Waals surface area (Å²) in [6, 6.07) is -0.0810. The van der Waals surface area contributed by atoms with Crippen LogP contribution in [0, 0.1) is 5.92 Å². The Bertz CT molecular complexity index is 364. The lowest BCUT2D eigenvalue weighted by atomic mass is 9.97. The Morgan fingerprint density at radius 3 is 2.79 bits per heavy atom. The third-order valence-corrected chi connectivity index (χ3v) is 3.35. The number of carbonyl (C=O) groups is 2. The van der Waals surface area contributed by atoms with E-state index in [1.54, 1.807) is 4.90 Å². The molecule has 6 heteroatoms. The van der Waals surface area contributed by atoms with Gasteiger partial charge in [-0.3, -0.25) is 4.79 Å². The van der Waals surface area contributed by atoms with Gasteiger partial charge in [0.05, 0.1) is 19.3 Å². The number of morpholine rings is 1. The SMILES string of the molecule is CC(C)(C)OC(=O)N1CCOCC1C1CNC(=O)C1. The van der Waals surface area contributed by atoms with Crippen molar-refractivity contribution < 1.29 is 19.1 Å². The number of hydrogen-bond acceptors (Lipinski definition) is 4. The van der Waals surface area contributed by atoms with Crippen LogP contribution in [0.2, 0.25) is 0 Å². The summed E-state index contributed by atoms with van der Waals surface area (Å²) in [6.45, 7) is 7.65. The number of nitrogens with one attached hydrogen (secondary N) is 1. The summed E-state index contributed by atoms with van der Waals surface area (Å²) in [6.07, 6.45) is 0.132. The maximum atomic E-state index is 12.2. The van der Waals surface area contributed by atoms with Gasteiger partial charge in [0.25, 0.3) is 0 Å². The predicted molar refractivity (Wildman–Crippen MR) is 68.7 cm³/mol. The van der Waals surface area contributed by atoms with Crippen LogP contribution in [-0.2, 0) is 14.3 Å². The third-order valence-electron chi connectivity index (χ3n) is 3.35. The minimum atomic E-state index is -0.510. The van der Waals surface area contributed by atoms with E-state index in [-0.39, 0.29) is 24.0 Å². The van der Waals surface area contributed by atoms with Gasteiger partial charge in [-0.05, 0) is 20.8 Å². The second kappa shape index (κ2) is 5.36. The second-order valence-electron chi connectivity index (χ2n) is 6.08. The molecule has 2 aliphatic rings. The Balaban J connectivity index is 2.03. The molecule has 19 heavy (non-hydrogen) atoms. The van der Waals surface area contributed by atoms with Crippen molar-refractivity contribution in [3.63, 3.8) is 0 Å². The van der Waals surface area contributed by atoms with Gasteiger partial charge < -0.3 is 19.7 Å². The molecule has 2 saturated heterocycles. The molecule has 0 bridgehead atoms. The normalized spacial score (nSPS) is 28.2. The molecular formula is C13H22N2O4. The van der Waals surface area contributed by atoms with Gasteiger partial charge in [-0.15, -0.1) is 0 Å². The molecule has 2 rings (SSSR count). The van der Waals surface area contributed by atoms with Crippen molar-refractivity contribution in [1.29, 1.82) is 0 Å². The fourth-order valence-corrected chi connectivity index (χ4v) is 2.46. The van der Waals surface area contributed by atoms with Crippen LogP contribution in [0.3, 0.4) is 0 Å². The first-order valence-electron chi connectivity index (χ1n) is 6.71. The average Bonchev–Trinajstić information content (AvgIpc) is 2.73. The van der Waals surface area contributed by atoms with Crippen LogP contribution in [0.15, 0.2) is 0 Å². The van der Waals surface area contributed by atoms with Crippen molar-refractivity contribution in [3.8, 4) is 0 Å². The number of ether oxygens (including phenoxy) is 2. The minimum Gasteiger partial charge on any atom is -0.444 e. The van der Waals surface area contributed by atoms with E-state index in [0.717, 1.165) is 0 Å². The van der Waals surface area contributed by atoms with Crippen molar-refractivity contribution >= 4 is 12.0 Å². The second-order valence-corrected chi connectivity index (χ2v) is 6.08. The van der Waals surface area contributed by atoms with Gasteiger partial charge in [-0.25, -0.2) is 4.79 Å². The zero-order chi connectivity index (χ0) is 14.0. The van der Waals surface area contributed by atoms with Crippen LogP contribution >= 0.6 is 0 Å². The lowest BCUT2D eigenvalue weighted by Gasteiger charge is -2.39. The summed E-state index contributed by atoms with van der Waals surface area (Å²) in [5.74, 6) is 0.153. The zero-order valence-corrected chi connectivity index (χ0v) is 11.8. The zero-order valence-electron chi connectivity index (χ0n) is 11.8. The molecule has 1 N–H and O–H groups in total. The highest BCUT2D eigenvalue weighted by atomic mass is 16.6. The van der Waals surface area contributed by atoms with Crippen LogP contribution < -0.4 is 5.32 Å². The molecule has 2 aliphatic heterocycles.